The van der Waals surface area contributed by atoms with Gasteiger partial charge in [0.1, 0.15) is 0 Å². The maximum absolute atomic E-state index is 11.8. The number of hydrazone groups is 1. The fraction of sp³-hybridized carbons (Fsp3) is 0.0909. The number of amides is 1. The van der Waals surface area contributed by atoms with Crippen LogP contribution in [0.15, 0.2) is 47.9 Å². The molecule has 5 heteroatoms. The molecule has 0 aliphatic carbocycles. The average molecular weight is 218 g/mol. The second-order valence-corrected chi connectivity index (χ2v) is 3.39. The van der Waals surface area contributed by atoms with Crippen LogP contribution in [0, 0.1) is 0 Å². The molecule has 0 saturated carbocycles. The van der Waals surface area contributed by atoms with Crippen molar-refractivity contribution in [1.82, 2.24) is 4.48 Å². The minimum absolute atomic E-state index is 0.135. The molecule has 16 heavy (non-hydrogen) atoms. The van der Waals surface area contributed by atoms with Gasteiger partial charge in [-0.25, -0.2) is 4.79 Å². The summed E-state index contributed by atoms with van der Waals surface area (Å²) in [5.41, 5.74) is 0.743. The van der Waals surface area contributed by atoms with E-state index in [1.807, 2.05) is 30.3 Å². The normalized spacial score (nSPS) is 25.7. The van der Waals surface area contributed by atoms with Gasteiger partial charge in [-0.2, -0.15) is 0 Å². The van der Waals surface area contributed by atoms with Crippen LogP contribution in [-0.2, 0) is 9.53 Å². The zero-order valence-corrected chi connectivity index (χ0v) is 8.83. The number of carbonyl (C=O) groups is 1. The van der Waals surface area contributed by atoms with Gasteiger partial charge in [0.2, 0.25) is 0 Å². The number of nitrogens with zero attached hydrogens (tertiary/aromatic N) is 2. The summed E-state index contributed by atoms with van der Waals surface area (Å²) in [6, 6.07) is 9.37. The highest BCUT2D eigenvalue weighted by Gasteiger charge is 2.46. The number of para-hydroxylation sites is 1. The maximum Gasteiger partial charge on any atom is 0.438 e. The lowest BCUT2D eigenvalue weighted by molar-refractivity contribution is -0.123. The van der Waals surface area contributed by atoms with Gasteiger partial charge < -0.3 is 10.6 Å². The lowest BCUT2D eigenvalue weighted by Gasteiger charge is -2.23. The molecule has 1 heterocycles. The molecule has 0 radical (unpaired) electrons. The summed E-state index contributed by atoms with van der Waals surface area (Å²) in [5, 5.41) is 3.52. The topological polar surface area (TPSA) is 64.7 Å². The molecular weight excluding hydrogens is 206 g/mol. The first kappa shape index (κ1) is 10.4. The highest BCUT2D eigenvalue weighted by atomic mass is 16.5. The van der Waals surface area contributed by atoms with Gasteiger partial charge >= 0.3 is 11.9 Å². The van der Waals surface area contributed by atoms with Crippen LogP contribution in [0.1, 0.15) is 6.92 Å². The number of amidine groups is 1. The molecule has 0 saturated heterocycles. The Morgan fingerprint density at radius 2 is 2.06 bits per heavy atom. The van der Waals surface area contributed by atoms with Crippen molar-refractivity contribution >= 4 is 17.6 Å². The van der Waals surface area contributed by atoms with E-state index in [2.05, 4.69) is 5.10 Å². The van der Waals surface area contributed by atoms with Gasteiger partial charge in [-0.15, -0.1) is 4.48 Å². The Labute approximate surface area is 93.0 Å². The Hall–Kier alpha value is -2.14. The van der Waals surface area contributed by atoms with E-state index in [1.165, 1.54) is 13.2 Å². The van der Waals surface area contributed by atoms with Crippen LogP contribution >= 0.6 is 0 Å². The summed E-state index contributed by atoms with van der Waals surface area (Å²) >= 11 is 0. The van der Waals surface area contributed by atoms with Gasteiger partial charge in [-0.3, -0.25) is 0 Å². The Kier molecular flexibility index (Phi) is 2.46. The molecule has 0 aromatic heterocycles. The molecular formula is C11H12N3O2+. The zero-order chi connectivity index (χ0) is 11.6. The average Bonchev–Trinajstić information content (AvgIpc) is 2.74. The number of hydrogen-bond acceptors (Lipinski definition) is 4. The Balaban J connectivity index is 2.62. The van der Waals surface area contributed by atoms with E-state index in [0.29, 0.717) is 0 Å². The van der Waals surface area contributed by atoms with E-state index in [-0.39, 0.29) is 16.4 Å². The van der Waals surface area contributed by atoms with Crippen LogP contribution in [0.25, 0.3) is 0 Å². The summed E-state index contributed by atoms with van der Waals surface area (Å²) in [7, 11) is 0. The Morgan fingerprint density at radius 1 is 1.38 bits per heavy atom. The van der Waals surface area contributed by atoms with Gasteiger partial charge in [0.05, 0.1) is 6.92 Å². The number of hydrogen-bond donors (Lipinski definition) is 1. The second kappa shape index (κ2) is 3.79. The van der Waals surface area contributed by atoms with Crippen LogP contribution in [0.5, 0.6) is 0 Å². The Bertz CT molecular complexity index is 467. The molecule has 0 spiro atoms. The minimum Gasteiger partial charge on any atom is -0.398 e. The highest BCUT2D eigenvalue weighted by Crippen LogP contribution is 2.29. The molecule has 0 bridgehead atoms. The van der Waals surface area contributed by atoms with Crippen LogP contribution in [-0.4, -0.2) is 11.9 Å². The molecule has 1 amide bonds. The summed E-state index contributed by atoms with van der Waals surface area (Å²) < 4.78 is 4.92. The van der Waals surface area contributed by atoms with Gasteiger partial charge in [-0.1, -0.05) is 23.3 Å². The molecule has 5 nitrogen and oxygen atoms in total. The van der Waals surface area contributed by atoms with E-state index >= 15 is 0 Å². The molecule has 82 valence electrons. The third-order valence-electron chi connectivity index (χ3n) is 2.53. The van der Waals surface area contributed by atoms with Crippen LogP contribution < -0.4 is 10.3 Å². The standard InChI is InChI=1S/C11H12N3O2/c1-9(15)14(7-8-16-11(14)13-12)10-5-3-2-4-6-10/h2-8H,12H2,1H3/q+1. The predicted octanol–water partition coefficient (Wildman–Crippen LogP) is 1.27. The van der Waals surface area contributed by atoms with Crippen molar-refractivity contribution in [3.63, 3.8) is 0 Å². The molecule has 1 unspecified atom stereocenters. The van der Waals surface area contributed by atoms with E-state index in [0.717, 1.165) is 5.69 Å². The molecule has 1 aromatic rings. The van der Waals surface area contributed by atoms with E-state index in [9.17, 15) is 4.79 Å². The fourth-order valence-electron chi connectivity index (χ4n) is 1.73. The Morgan fingerprint density at radius 3 is 2.62 bits per heavy atom. The SMILES string of the molecule is CC(=O)[N+]1(c2ccccc2)C=COC1=NN. The first-order valence-corrected chi connectivity index (χ1v) is 4.80. The molecule has 1 atom stereocenters. The van der Waals surface area contributed by atoms with Crippen LogP contribution in [0.2, 0.25) is 0 Å². The lowest BCUT2D eigenvalue weighted by atomic mass is 10.2. The predicted molar refractivity (Wildman–Crippen MR) is 60.8 cm³/mol. The largest absolute Gasteiger partial charge is 0.438 e. The molecule has 1 aliphatic rings. The molecule has 2 rings (SSSR count). The lowest BCUT2D eigenvalue weighted by Crippen LogP contribution is -2.51. The van der Waals surface area contributed by atoms with Gasteiger partial charge in [0.25, 0.3) is 0 Å². The van der Waals surface area contributed by atoms with Gasteiger partial charge in [0.15, 0.2) is 18.1 Å². The summed E-state index contributed by atoms with van der Waals surface area (Å²) in [5.74, 6) is 5.10. The monoisotopic (exact) mass is 218 g/mol. The third-order valence-corrected chi connectivity index (χ3v) is 2.53. The first-order chi connectivity index (χ1) is 7.71. The number of nitrogens with two attached hydrogens (primary N) is 1. The molecule has 1 aliphatic heterocycles. The molecule has 2 N–H and O–H groups in total. The smallest absolute Gasteiger partial charge is 0.398 e. The zero-order valence-electron chi connectivity index (χ0n) is 8.83. The second-order valence-electron chi connectivity index (χ2n) is 3.39. The summed E-state index contributed by atoms with van der Waals surface area (Å²) in [6.45, 7) is 1.47. The van der Waals surface area contributed by atoms with E-state index < -0.39 is 0 Å². The van der Waals surface area contributed by atoms with Crippen molar-refractivity contribution in [2.75, 3.05) is 0 Å². The highest BCUT2D eigenvalue weighted by molar-refractivity contribution is 6.09. The van der Waals surface area contributed by atoms with Crippen molar-refractivity contribution < 1.29 is 9.53 Å². The number of rotatable bonds is 1. The number of carbonyl (C=O) groups excluding carboxylic acids is 1. The van der Waals surface area contributed by atoms with E-state index in [1.54, 1.807) is 6.20 Å². The summed E-state index contributed by atoms with van der Waals surface area (Å²) in [4.78, 5) is 11.8. The minimum atomic E-state index is -0.211. The number of ether oxygens (including phenoxy) is 1. The van der Waals surface area contributed by atoms with E-state index in [4.69, 9.17) is 10.6 Å². The van der Waals surface area contributed by atoms with Crippen LogP contribution in [0.4, 0.5) is 5.69 Å². The maximum atomic E-state index is 11.8. The number of benzene rings is 1. The quantitative estimate of drug-likeness (QED) is 0.438. The third kappa shape index (κ3) is 1.30. The molecule has 1 aromatic carbocycles. The van der Waals surface area contributed by atoms with Crippen molar-refractivity contribution in [2.24, 2.45) is 10.9 Å². The van der Waals surface area contributed by atoms with Crippen molar-refractivity contribution in [3.05, 3.63) is 42.8 Å². The van der Waals surface area contributed by atoms with Crippen molar-refractivity contribution in [1.29, 1.82) is 0 Å². The summed E-state index contributed by atoms with van der Waals surface area (Å²) in [6.07, 6.45) is 3.03. The van der Waals surface area contributed by atoms with Crippen LogP contribution in [0.3, 0.4) is 0 Å². The van der Waals surface area contributed by atoms with Gasteiger partial charge in [-0.05, 0) is 0 Å². The van der Waals surface area contributed by atoms with Gasteiger partial charge in [0, 0.05) is 12.1 Å². The fourth-order valence-corrected chi connectivity index (χ4v) is 1.73. The van der Waals surface area contributed by atoms with Crippen molar-refractivity contribution in [3.8, 4) is 0 Å². The van der Waals surface area contributed by atoms with Crippen molar-refractivity contribution in [2.45, 2.75) is 6.92 Å². The molecule has 0 fully saturated rings. The number of quaternary nitrogens is 1. The first-order valence-electron chi connectivity index (χ1n) is 4.80.